The van der Waals surface area contributed by atoms with Gasteiger partial charge in [0, 0.05) is 24.8 Å². The summed E-state index contributed by atoms with van der Waals surface area (Å²) in [6.07, 6.45) is 3.53. The largest absolute Gasteiger partial charge is 0.334 e. The highest BCUT2D eigenvalue weighted by atomic mass is 32.2. The van der Waals surface area contributed by atoms with E-state index in [4.69, 9.17) is 4.55 Å². The average molecular weight is 433 g/mol. The van der Waals surface area contributed by atoms with Crippen LogP contribution in [0, 0.1) is 0 Å². The SMILES string of the molecule is Cn1cnc2ccc(Nc3ncc4ccc(-c5ccccc5CNS(=O)O)n4n3)cc21. The Balaban J connectivity index is 1.51. The van der Waals surface area contributed by atoms with Crippen LogP contribution in [0.4, 0.5) is 11.6 Å². The summed E-state index contributed by atoms with van der Waals surface area (Å²) in [6.45, 7) is 0.257. The van der Waals surface area contributed by atoms with Gasteiger partial charge >= 0.3 is 0 Å². The summed E-state index contributed by atoms with van der Waals surface area (Å²) < 4.78 is 26.4. The second kappa shape index (κ2) is 7.91. The van der Waals surface area contributed by atoms with Crippen LogP contribution in [0.1, 0.15) is 5.56 Å². The molecule has 0 amide bonds. The maximum Gasteiger partial charge on any atom is 0.245 e. The Bertz CT molecular complexity index is 1430. The van der Waals surface area contributed by atoms with Crippen LogP contribution in [0.25, 0.3) is 27.8 Å². The molecule has 3 N–H and O–H groups in total. The van der Waals surface area contributed by atoms with Crippen LogP contribution >= 0.6 is 0 Å². The first-order chi connectivity index (χ1) is 15.1. The third-order valence-corrected chi connectivity index (χ3v) is 5.45. The smallest absolute Gasteiger partial charge is 0.245 e. The van der Waals surface area contributed by atoms with Gasteiger partial charge in [-0.15, -0.1) is 5.10 Å². The topological polar surface area (TPSA) is 109 Å². The van der Waals surface area contributed by atoms with Crippen molar-refractivity contribution in [1.82, 2.24) is 28.9 Å². The van der Waals surface area contributed by atoms with Gasteiger partial charge in [-0.25, -0.2) is 23.4 Å². The van der Waals surface area contributed by atoms with E-state index in [-0.39, 0.29) is 6.54 Å². The predicted molar refractivity (Wildman–Crippen MR) is 120 cm³/mol. The maximum absolute atomic E-state index is 11.0. The molecule has 0 aliphatic rings. The zero-order chi connectivity index (χ0) is 21.4. The summed E-state index contributed by atoms with van der Waals surface area (Å²) in [5, 5.41) is 7.93. The van der Waals surface area contributed by atoms with Crippen LogP contribution in [0.5, 0.6) is 0 Å². The van der Waals surface area contributed by atoms with Crippen LogP contribution in [0.2, 0.25) is 0 Å². The van der Waals surface area contributed by atoms with Crippen molar-refractivity contribution in [3.63, 3.8) is 0 Å². The summed E-state index contributed by atoms with van der Waals surface area (Å²) in [4.78, 5) is 8.77. The molecule has 0 fully saturated rings. The van der Waals surface area contributed by atoms with E-state index in [1.165, 1.54) is 0 Å². The van der Waals surface area contributed by atoms with Crippen molar-refractivity contribution >= 4 is 39.5 Å². The number of imidazole rings is 1. The van der Waals surface area contributed by atoms with E-state index in [9.17, 15) is 4.21 Å². The minimum atomic E-state index is -2.08. The molecule has 3 heterocycles. The standard InChI is InChI=1S/C21H19N7O2S/c1-27-13-23-18-8-6-15(10-20(18)27)25-21-22-12-16-7-9-19(28(16)26-21)17-5-3-2-4-14(17)11-24-31(29)30/h2-10,12-13,24H,11H2,1H3,(H,25,26)(H,29,30). The van der Waals surface area contributed by atoms with Crippen molar-refractivity contribution in [2.75, 3.05) is 5.32 Å². The van der Waals surface area contributed by atoms with Crippen LogP contribution in [-0.4, -0.2) is 32.9 Å². The maximum atomic E-state index is 11.0. The Labute approximate surface area is 180 Å². The molecule has 9 nitrogen and oxygen atoms in total. The normalized spacial score (nSPS) is 12.5. The van der Waals surface area contributed by atoms with E-state index in [1.807, 2.05) is 70.7 Å². The molecule has 0 bridgehead atoms. The van der Waals surface area contributed by atoms with Crippen LogP contribution in [0.3, 0.4) is 0 Å². The second-order valence-electron chi connectivity index (χ2n) is 7.05. The van der Waals surface area contributed by atoms with Crippen molar-refractivity contribution in [2.45, 2.75) is 6.54 Å². The summed E-state index contributed by atoms with van der Waals surface area (Å²) in [5.41, 5.74) is 6.31. The van der Waals surface area contributed by atoms with Crippen molar-refractivity contribution in [2.24, 2.45) is 7.05 Å². The molecule has 0 spiro atoms. The fourth-order valence-corrected chi connectivity index (χ4v) is 3.84. The Hall–Kier alpha value is -3.60. The van der Waals surface area contributed by atoms with Crippen molar-refractivity contribution in [3.8, 4) is 11.3 Å². The summed E-state index contributed by atoms with van der Waals surface area (Å²) in [6, 6.07) is 17.5. The number of aryl methyl sites for hydroxylation is 1. The number of benzene rings is 2. The zero-order valence-electron chi connectivity index (χ0n) is 16.6. The molecular weight excluding hydrogens is 414 g/mol. The Morgan fingerprint density at radius 2 is 1.97 bits per heavy atom. The first-order valence-electron chi connectivity index (χ1n) is 9.54. The van der Waals surface area contributed by atoms with Gasteiger partial charge in [-0.1, -0.05) is 24.3 Å². The fraction of sp³-hybridized carbons (Fsp3) is 0.0952. The lowest BCUT2D eigenvalue weighted by Crippen LogP contribution is -2.16. The van der Waals surface area contributed by atoms with Crippen molar-refractivity contribution in [3.05, 3.63) is 72.7 Å². The lowest BCUT2D eigenvalue weighted by Gasteiger charge is -2.10. The number of nitrogens with zero attached hydrogens (tertiary/aromatic N) is 5. The van der Waals surface area contributed by atoms with Crippen LogP contribution in [0.15, 0.2) is 67.1 Å². The Kier molecular flexibility index (Phi) is 4.94. The monoisotopic (exact) mass is 433 g/mol. The molecule has 1 atom stereocenters. The summed E-state index contributed by atoms with van der Waals surface area (Å²) in [7, 11) is 1.95. The molecule has 10 heteroatoms. The quantitative estimate of drug-likeness (QED) is 0.355. The molecule has 3 aromatic heterocycles. The minimum Gasteiger partial charge on any atom is -0.334 e. The molecule has 1 unspecified atom stereocenters. The van der Waals surface area contributed by atoms with Crippen molar-refractivity contribution < 1.29 is 8.76 Å². The molecular formula is C21H19N7O2S. The number of fused-ring (bicyclic) bond motifs is 2. The predicted octanol–water partition coefficient (Wildman–Crippen LogP) is 3.25. The second-order valence-corrected chi connectivity index (χ2v) is 7.84. The zero-order valence-corrected chi connectivity index (χ0v) is 17.4. The number of anilines is 2. The van der Waals surface area contributed by atoms with Gasteiger partial charge in [0.25, 0.3) is 0 Å². The number of hydrogen-bond donors (Lipinski definition) is 3. The Morgan fingerprint density at radius 3 is 2.84 bits per heavy atom. The highest BCUT2D eigenvalue weighted by Crippen LogP contribution is 2.26. The van der Waals surface area contributed by atoms with Gasteiger partial charge in [-0.05, 0) is 35.9 Å². The molecule has 156 valence electrons. The first kappa shape index (κ1) is 19.4. The summed E-state index contributed by atoms with van der Waals surface area (Å²) in [5.74, 6) is 0.457. The van der Waals surface area contributed by atoms with E-state index < -0.39 is 11.3 Å². The fourth-order valence-electron chi connectivity index (χ4n) is 3.56. The van der Waals surface area contributed by atoms with Crippen LogP contribution in [-0.2, 0) is 24.9 Å². The molecule has 0 aliphatic heterocycles. The van der Waals surface area contributed by atoms with E-state index in [2.05, 4.69) is 25.1 Å². The van der Waals surface area contributed by atoms with Gasteiger partial charge in [-0.3, -0.25) is 4.55 Å². The minimum absolute atomic E-state index is 0.257. The molecule has 0 radical (unpaired) electrons. The molecule has 0 saturated carbocycles. The van der Waals surface area contributed by atoms with Gasteiger partial charge in [-0.2, -0.15) is 0 Å². The van der Waals surface area contributed by atoms with Gasteiger partial charge in [0.15, 0.2) is 0 Å². The van der Waals surface area contributed by atoms with Crippen molar-refractivity contribution in [1.29, 1.82) is 0 Å². The lowest BCUT2D eigenvalue weighted by atomic mass is 10.1. The number of aromatic nitrogens is 5. The number of hydrogen-bond acceptors (Lipinski definition) is 5. The van der Waals surface area contributed by atoms with E-state index >= 15 is 0 Å². The van der Waals surface area contributed by atoms with E-state index in [0.717, 1.165) is 39.1 Å². The highest BCUT2D eigenvalue weighted by Gasteiger charge is 2.12. The molecule has 31 heavy (non-hydrogen) atoms. The number of nitrogens with one attached hydrogen (secondary N) is 2. The molecule has 0 aliphatic carbocycles. The summed E-state index contributed by atoms with van der Waals surface area (Å²) >= 11 is -2.08. The average Bonchev–Trinajstić information content (AvgIpc) is 3.36. The van der Waals surface area contributed by atoms with Gasteiger partial charge in [0.05, 0.1) is 34.8 Å². The highest BCUT2D eigenvalue weighted by molar-refractivity contribution is 7.77. The molecule has 5 aromatic rings. The van der Waals surface area contributed by atoms with Crippen LogP contribution < -0.4 is 10.0 Å². The van der Waals surface area contributed by atoms with E-state index in [0.29, 0.717) is 5.95 Å². The third-order valence-electron chi connectivity index (χ3n) is 5.06. The lowest BCUT2D eigenvalue weighted by molar-refractivity contribution is 0.549. The van der Waals surface area contributed by atoms with Gasteiger partial charge < -0.3 is 9.88 Å². The van der Waals surface area contributed by atoms with E-state index in [1.54, 1.807) is 12.5 Å². The number of rotatable bonds is 6. The molecule has 2 aromatic carbocycles. The third kappa shape index (κ3) is 3.79. The molecule has 0 saturated heterocycles. The van der Waals surface area contributed by atoms with Gasteiger partial charge in [0.2, 0.25) is 17.2 Å². The Morgan fingerprint density at radius 1 is 1.10 bits per heavy atom. The molecule has 5 rings (SSSR count). The first-order valence-corrected chi connectivity index (χ1v) is 10.6. The van der Waals surface area contributed by atoms with Gasteiger partial charge in [0.1, 0.15) is 0 Å².